The highest BCUT2D eigenvalue weighted by Crippen LogP contribution is 2.28. The molecule has 0 saturated heterocycles. The van der Waals surface area contributed by atoms with E-state index in [1.165, 1.54) is 6.07 Å². The van der Waals surface area contributed by atoms with E-state index in [1.54, 1.807) is 20.2 Å². The van der Waals surface area contributed by atoms with Crippen LogP contribution in [-0.2, 0) is 11.3 Å². The summed E-state index contributed by atoms with van der Waals surface area (Å²) in [4.78, 5) is 4.22. The Labute approximate surface area is 104 Å². The number of fused-ring (bicyclic) bond motifs is 1. The second kappa shape index (κ2) is 4.85. The zero-order valence-electron chi connectivity index (χ0n) is 9.55. The van der Waals surface area contributed by atoms with Gasteiger partial charge in [0.2, 0.25) is 0 Å². The summed E-state index contributed by atoms with van der Waals surface area (Å²) >= 11 is 5.83. The van der Waals surface area contributed by atoms with Crippen molar-refractivity contribution in [3.05, 3.63) is 34.7 Å². The van der Waals surface area contributed by atoms with Crippen molar-refractivity contribution in [1.82, 2.24) is 4.98 Å². The van der Waals surface area contributed by atoms with E-state index in [2.05, 4.69) is 10.3 Å². The third-order valence-electron chi connectivity index (χ3n) is 2.45. The Morgan fingerprint density at radius 3 is 2.82 bits per heavy atom. The molecule has 0 saturated carbocycles. The second-order valence-corrected chi connectivity index (χ2v) is 4.06. The van der Waals surface area contributed by atoms with Gasteiger partial charge in [-0.3, -0.25) is 0 Å². The van der Waals surface area contributed by atoms with Gasteiger partial charge in [-0.2, -0.15) is 0 Å². The minimum atomic E-state index is -0.429. The first-order valence-electron chi connectivity index (χ1n) is 5.11. The van der Waals surface area contributed by atoms with Crippen LogP contribution in [0.2, 0.25) is 5.02 Å². The van der Waals surface area contributed by atoms with Gasteiger partial charge in [-0.15, -0.1) is 0 Å². The molecule has 0 atom stereocenters. The van der Waals surface area contributed by atoms with E-state index >= 15 is 0 Å². The summed E-state index contributed by atoms with van der Waals surface area (Å²) in [6.45, 7) is 0.340. The molecule has 2 rings (SSSR count). The van der Waals surface area contributed by atoms with Crippen LogP contribution < -0.4 is 5.32 Å². The van der Waals surface area contributed by atoms with E-state index in [4.69, 9.17) is 16.3 Å². The lowest BCUT2D eigenvalue weighted by molar-refractivity contribution is 0.182. The summed E-state index contributed by atoms with van der Waals surface area (Å²) in [7, 11) is 3.34. The van der Waals surface area contributed by atoms with Gasteiger partial charge in [0.25, 0.3) is 0 Å². The predicted octanol–water partition coefficient (Wildman–Crippen LogP) is 3.22. The minimum Gasteiger partial charge on any atom is -0.388 e. The number of anilines is 1. The molecule has 0 aliphatic rings. The molecule has 0 aliphatic heterocycles. The number of pyridine rings is 1. The Bertz CT molecular complexity index is 560. The summed E-state index contributed by atoms with van der Waals surface area (Å²) in [6.07, 6.45) is 0. The molecule has 1 aromatic carbocycles. The molecular weight excluding hydrogens is 243 g/mol. The number of benzene rings is 1. The van der Waals surface area contributed by atoms with E-state index in [9.17, 15) is 4.39 Å². The normalized spacial score (nSPS) is 10.8. The summed E-state index contributed by atoms with van der Waals surface area (Å²) in [5, 5.41) is 4.02. The number of hydrogen-bond donors (Lipinski definition) is 1. The molecule has 0 aliphatic carbocycles. The smallest absolute Gasteiger partial charge is 0.150 e. The van der Waals surface area contributed by atoms with Gasteiger partial charge >= 0.3 is 0 Å². The molecule has 0 bridgehead atoms. The Balaban J connectivity index is 2.73. The van der Waals surface area contributed by atoms with Gasteiger partial charge in [-0.05, 0) is 18.2 Å². The summed E-state index contributed by atoms with van der Waals surface area (Å²) in [5.74, 6) is -0.429. The summed E-state index contributed by atoms with van der Waals surface area (Å²) in [5.41, 5.74) is 1.75. The van der Waals surface area contributed by atoms with Crippen molar-refractivity contribution in [3.8, 4) is 0 Å². The minimum absolute atomic E-state index is 0.299. The average molecular weight is 255 g/mol. The number of aromatic nitrogens is 1. The molecule has 0 amide bonds. The number of methoxy groups -OCH3 is 1. The standard InChI is InChI=1S/C12H12ClFN2O/c1-15-11-5-8(6-17-2)16-12-9(11)3-7(13)4-10(12)14/h3-5H,6H2,1-2H3,(H,15,16). The van der Waals surface area contributed by atoms with E-state index in [-0.39, 0.29) is 0 Å². The van der Waals surface area contributed by atoms with Crippen molar-refractivity contribution < 1.29 is 9.13 Å². The van der Waals surface area contributed by atoms with Gasteiger partial charge in [0.1, 0.15) is 5.52 Å². The molecule has 0 radical (unpaired) electrons. The van der Waals surface area contributed by atoms with Crippen molar-refractivity contribution >= 4 is 28.2 Å². The topological polar surface area (TPSA) is 34.1 Å². The van der Waals surface area contributed by atoms with Crippen LogP contribution in [0.25, 0.3) is 10.9 Å². The Morgan fingerprint density at radius 1 is 1.41 bits per heavy atom. The van der Waals surface area contributed by atoms with Gasteiger partial charge in [-0.25, -0.2) is 9.37 Å². The lowest BCUT2D eigenvalue weighted by atomic mass is 10.1. The summed E-state index contributed by atoms with van der Waals surface area (Å²) < 4.78 is 18.8. The van der Waals surface area contributed by atoms with Crippen molar-refractivity contribution in [3.63, 3.8) is 0 Å². The molecule has 90 valence electrons. The zero-order chi connectivity index (χ0) is 12.4. The van der Waals surface area contributed by atoms with Crippen LogP contribution in [0, 0.1) is 5.82 Å². The highest BCUT2D eigenvalue weighted by Gasteiger charge is 2.10. The highest BCUT2D eigenvalue weighted by molar-refractivity contribution is 6.31. The van der Waals surface area contributed by atoms with Gasteiger partial charge in [-0.1, -0.05) is 11.6 Å². The predicted molar refractivity (Wildman–Crippen MR) is 67.0 cm³/mol. The first-order chi connectivity index (χ1) is 8.15. The summed E-state index contributed by atoms with van der Waals surface area (Å²) in [6, 6.07) is 4.77. The maximum atomic E-state index is 13.8. The van der Waals surface area contributed by atoms with Crippen LogP contribution in [-0.4, -0.2) is 19.1 Å². The maximum absolute atomic E-state index is 13.8. The largest absolute Gasteiger partial charge is 0.388 e. The molecule has 1 aromatic heterocycles. The SMILES string of the molecule is CNc1cc(COC)nc2c(F)cc(Cl)cc12. The van der Waals surface area contributed by atoms with Crippen molar-refractivity contribution in [2.24, 2.45) is 0 Å². The Kier molecular flexibility index (Phi) is 3.45. The van der Waals surface area contributed by atoms with Crippen LogP contribution in [0.3, 0.4) is 0 Å². The maximum Gasteiger partial charge on any atom is 0.150 e. The van der Waals surface area contributed by atoms with Gasteiger partial charge in [0, 0.05) is 30.3 Å². The van der Waals surface area contributed by atoms with Crippen LogP contribution in [0.5, 0.6) is 0 Å². The second-order valence-electron chi connectivity index (χ2n) is 3.63. The molecule has 1 heterocycles. The lowest BCUT2D eigenvalue weighted by Crippen LogP contribution is -1.99. The monoisotopic (exact) mass is 254 g/mol. The van der Waals surface area contributed by atoms with E-state index in [0.29, 0.717) is 28.2 Å². The molecule has 1 N–H and O–H groups in total. The fraction of sp³-hybridized carbons (Fsp3) is 0.250. The fourth-order valence-electron chi connectivity index (χ4n) is 1.73. The Hall–Kier alpha value is -1.39. The first kappa shape index (κ1) is 12.1. The number of halogens is 2. The number of ether oxygens (including phenoxy) is 1. The quantitative estimate of drug-likeness (QED) is 0.913. The van der Waals surface area contributed by atoms with Crippen molar-refractivity contribution in [2.45, 2.75) is 6.61 Å². The molecule has 17 heavy (non-hydrogen) atoms. The molecule has 3 nitrogen and oxygen atoms in total. The van der Waals surface area contributed by atoms with Crippen molar-refractivity contribution in [2.75, 3.05) is 19.5 Å². The van der Waals surface area contributed by atoms with Crippen LogP contribution in [0.4, 0.5) is 10.1 Å². The molecule has 5 heteroatoms. The zero-order valence-corrected chi connectivity index (χ0v) is 10.3. The van der Waals surface area contributed by atoms with Crippen LogP contribution in [0.1, 0.15) is 5.69 Å². The van der Waals surface area contributed by atoms with Crippen molar-refractivity contribution in [1.29, 1.82) is 0 Å². The Morgan fingerprint density at radius 2 is 2.18 bits per heavy atom. The van der Waals surface area contributed by atoms with Gasteiger partial charge < -0.3 is 10.1 Å². The van der Waals surface area contributed by atoms with Gasteiger partial charge in [0.15, 0.2) is 5.82 Å². The van der Waals surface area contributed by atoms with E-state index < -0.39 is 5.82 Å². The molecular formula is C12H12ClFN2O. The lowest BCUT2D eigenvalue weighted by Gasteiger charge is -2.09. The van der Waals surface area contributed by atoms with E-state index in [1.807, 2.05) is 6.07 Å². The molecule has 0 unspecified atom stereocenters. The van der Waals surface area contributed by atoms with Crippen LogP contribution >= 0.6 is 11.6 Å². The molecule has 0 fully saturated rings. The molecule has 2 aromatic rings. The number of rotatable bonds is 3. The van der Waals surface area contributed by atoms with E-state index in [0.717, 1.165) is 5.69 Å². The average Bonchev–Trinajstić information content (AvgIpc) is 2.29. The number of nitrogens with zero attached hydrogens (tertiary/aromatic N) is 1. The fourth-order valence-corrected chi connectivity index (χ4v) is 1.94. The third-order valence-corrected chi connectivity index (χ3v) is 2.66. The number of nitrogens with one attached hydrogen (secondary N) is 1. The number of hydrogen-bond acceptors (Lipinski definition) is 3. The van der Waals surface area contributed by atoms with Gasteiger partial charge in [0.05, 0.1) is 12.3 Å². The highest BCUT2D eigenvalue weighted by atomic mass is 35.5. The third kappa shape index (κ3) is 2.33. The first-order valence-corrected chi connectivity index (χ1v) is 5.49. The van der Waals surface area contributed by atoms with Crippen LogP contribution in [0.15, 0.2) is 18.2 Å². The molecule has 0 spiro atoms.